The highest BCUT2D eigenvalue weighted by molar-refractivity contribution is 5.79. The molecule has 138 valence electrons. The summed E-state index contributed by atoms with van der Waals surface area (Å²) in [7, 11) is 0. The first kappa shape index (κ1) is 18.0. The minimum Gasteiger partial charge on any atom is -0.454 e. The van der Waals surface area contributed by atoms with Crippen LogP contribution in [0, 0.1) is 0 Å². The fourth-order valence-corrected chi connectivity index (χ4v) is 2.72. The van der Waals surface area contributed by atoms with Crippen molar-refractivity contribution in [2.24, 2.45) is 4.99 Å². The van der Waals surface area contributed by atoms with Gasteiger partial charge in [-0.25, -0.2) is 4.99 Å². The molecule has 0 amide bonds. The molecule has 2 aromatic rings. The number of fused-ring (bicyclic) bond motifs is 1. The number of guanidine groups is 1. The molecule has 0 radical (unpaired) electrons. The van der Waals surface area contributed by atoms with Crippen molar-refractivity contribution in [3.05, 3.63) is 53.9 Å². The summed E-state index contributed by atoms with van der Waals surface area (Å²) in [6.07, 6.45) is 1.79. The molecule has 0 saturated carbocycles. The molecule has 0 aliphatic carbocycles. The maximum Gasteiger partial charge on any atom is 0.231 e. The highest BCUT2D eigenvalue weighted by atomic mass is 16.7. The molecule has 2 heterocycles. The van der Waals surface area contributed by atoms with Gasteiger partial charge in [0, 0.05) is 24.7 Å². The van der Waals surface area contributed by atoms with Gasteiger partial charge < -0.3 is 20.1 Å². The van der Waals surface area contributed by atoms with Crippen LogP contribution in [0.25, 0.3) is 0 Å². The smallest absolute Gasteiger partial charge is 0.231 e. The number of nitrogens with zero attached hydrogens (tertiary/aromatic N) is 2. The van der Waals surface area contributed by atoms with Crippen molar-refractivity contribution in [1.29, 1.82) is 0 Å². The van der Waals surface area contributed by atoms with Gasteiger partial charge in [0.2, 0.25) is 6.79 Å². The summed E-state index contributed by atoms with van der Waals surface area (Å²) in [6, 6.07) is 12.0. The molecule has 1 aliphatic rings. The number of nitrogens with one attached hydrogen (secondary N) is 2. The van der Waals surface area contributed by atoms with Crippen molar-refractivity contribution >= 4 is 5.96 Å². The topological polar surface area (TPSA) is 67.8 Å². The van der Waals surface area contributed by atoms with Crippen LogP contribution in [-0.4, -0.2) is 30.8 Å². The zero-order chi connectivity index (χ0) is 18.4. The average molecular weight is 354 g/mol. The van der Waals surface area contributed by atoms with Crippen LogP contribution in [0.3, 0.4) is 0 Å². The van der Waals surface area contributed by atoms with E-state index in [2.05, 4.69) is 53.5 Å². The quantitative estimate of drug-likeness (QED) is 0.617. The van der Waals surface area contributed by atoms with E-state index < -0.39 is 0 Å². The van der Waals surface area contributed by atoms with Crippen LogP contribution in [0.4, 0.5) is 0 Å². The minimum atomic E-state index is -0.0951. The predicted molar refractivity (Wildman–Crippen MR) is 103 cm³/mol. The van der Waals surface area contributed by atoms with Gasteiger partial charge in [-0.3, -0.25) is 4.98 Å². The van der Waals surface area contributed by atoms with E-state index in [1.807, 2.05) is 24.3 Å². The molecular formula is C20H26N4O2. The molecule has 0 fully saturated rings. The molecule has 6 nitrogen and oxygen atoms in total. The fourth-order valence-electron chi connectivity index (χ4n) is 2.72. The third-order valence-electron chi connectivity index (χ3n) is 4.32. The lowest BCUT2D eigenvalue weighted by atomic mass is 9.84. The monoisotopic (exact) mass is 354 g/mol. The standard InChI is InChI=1S/C20H26N4O2/c1-4-21-19(23-12-16-7-5-6-10-22-16)24-13-20(2,3)15-8-9-17-18(11-15)26-14-25-17/h5-11H,4,12-14H2,1-3H3,(H2,21,23,24). The molecule has 1 aromatic carbocycles. The second-order valence-corrected chi connectivity index (χ2v) is 6.82. The Morgan fingerprint density at radius 2 is 2.00 bits per heavy atom. The number of pyridine rings is 1. The van der Waals surface area contributed by atoms with Gasteiger partial charge in [-0.1, -0.05) is 26.0 Å². The summed E-state index contributed by atoms with van der Waals surface area (Å²) in [6.45, 7) is 8.82. The van der Waals surface area contributed by atoms with Crippen LogP contribution in [0.5, 0.6) is 11.5 Å². The van der Waals surface area contributed by atoms with Crippen molar-refractivity contribution in [2.75, 3.05) is 19.9 Å². The molecule has 0 atom stereocenters. The Morgan fingerprint density at radius 3 is 2.77 bits per heavy atom. The van der Waals surface area contributed by atoms with E-state index in [1.54, 1.807) is 6.20 Å². The Hall–Kier alpha value is -2.76. The Bertz CT molecular complexity index is 760. The van der Waals surface area contributed by atoms with E-state index >= 15 is 0 Å². The number of hydrogen-bond donors (Lipinski definition) is 2. The summed E-state index contributed by atoms with van der Waals surface area (Å²) in [5, 5.41) is 6.72. The number of aliphatic imine (C=N–C) groups is 1. The third kappa shape index (κ3) is 4.45. The Kier molecular flexibility index (Phi) is 5.61. The molecule has 2 N–H and O–H groups in total. The predicted octanol–water partition coefficient (Wildman–Crippen LogP) is 2.84. The normalized spacial score (nSPS) is 13.6. The van der Waals surface area contributed by atoms with Gasteiger partial charge in [0.1, 0.15) is 0 Å². The highest BCUT2D eigenvalue weighted by Gasteiger charge is 2.24. The zero-order valence-corrected chi connectivity index (χ0v) is 15.6. The molecule has 26 heavy (non-hydrogen) atoms. The summed E-state index contributed by atoms with van der Waals surface area (Å²) in [5.74, 6) is 2.40. The van der Waals surface area contributed by atoms with Gasteiger partial charge in [-0.15, -0.1) is 0 Å². The first-order valence-electron chi connectivity index (χ1n) is 8.91. The lowest BCUT2D eigenvalue weighted by molar-refractivity contribution is 0.174. The van der Waals surface area contributed by atoms with Gasteiger partial charge in [0.15, 0.2) is 17.5 Å². The summed E-state index contributed by atoms with van der Waals surface area (Å²) in [5.41, 5.74) is 2.04. The molecule has 1 aromatic heterocycles. The summed E-state index contributed by atoms with van der Waals surface area (Å²) in [4.78, 5) is 8.94. The molecule has 0 saturated heterocycles. The van der Waals surface area contributed by atoms with E-state index in [0.717, 1.165) is 36.2 Å². The second-order valence-electron chi connectivity index (χ2n) is 6.82. The van der Waals surface area contributed by atoms with Crippen LogP contribution in [0.1, 0.15) is 32.0 Å². The van der Waals surface area contributed by atoms with Crippen molar-refractivity contribution in [1.82, 2.24) is 15.6 Å². The first-order chi connectivity index (χ1) is 12.6. The van der Waals surface area contributed by atoms with E-state index in [0.29, 0.717) is 13.3 Å². The molecule has 6 heteroatoms. The maximum atomic E-state index is 5.50. The first-order valence-corrected chi connectivity index (χ1v) is 8.91. The SMILES string of the molecule is CCNC(=NCc1ccccn1)NCC(C)(C)c1ccc2c(c1)OCO2. The number of ether oxygens (including phenoxy) is 2. The molecular weight excluding hydrogens is 328 g/mol. The van der Waals surface area contributed by atoms with Crippen molar-refractivity contribution in [2.45, 2.75) is 32.7 Å². The van der Waals surface area contributed by atoms with Crippen molar-refractivity contribution in [3.63, 3.8) is 0 Å². The van der Waals surface area contributed by atoms with Gasteiger partial charge in [-0.2, -0.15) is 0 Å². The van der Waals surface area contributed by atoms with Crippen LogP contribution in [0.2, 0.25) is 0 Å². The van der Waals surface area contributed by atoms with E-state index in [4.69, 9.17) is 9.47 Å². The fraction of sp³-hybridized carbons (Fsp3) is 0.400. The molecule has 3 rings (SSSR count). The molecule has 0 unspecified atom stereocenters. The maximum absolute atomic E-state index is 5.50. The second kappa shape index (κ2) is 8.08. The van der Waals surface area contributed by atoms with Crippen molar-refractivity contribution in [3.8, 4) is 11.5 Å². The Morgan fingerprint density at radius 1 is 1.15 bits per heavy atom. The number of benzene rings is 1. The number of aromatic nitrogens is 1. The van der Waals surface area contributed by atoms with E-state index in [9.17, 15) is 0 Å². The Labute approximate surface area is 154 Å². The van der Waals surface area contributed by atoms with E-state index in [-0.39, 0.29) is 5.41 Å². The van der Waals surface area contributed by atoms with Crippen LogP contribution in [0.15, 0.2) is 47.6 Å². The lowest BCUT2D eigenvalue weighted by Gasteiger charge is -2.27. The molecule has 0 bridgehead atoms. The van der Waals surface area contributed by atoms with Gasteiger partial charge in [0.05, 0.1) is 12.2 Å². The van der Waals surface area contributed by atoms with E-state index in [1.165, 1.54) is 5.56 Å². The lowest BCUT2D eigenvalue weighted by Crippen LogP contribution is -2.43. The number of hydrogen-bond acceptors (Lipinski definition) is 4. The average Bonchev–Trinajstić information content (AvgIpc) is 3.13. The summed E-state index contributed by atoms with van der Waals surface area (Å²) < 4.78 is 10.9. The number of rotatable bonds is 6. The van der Waals surface area contributed by atoms with Gasteiger partial charge in [0.25, 0.3) is 0 Å². The van der Waals surface area contributed by atoms with Crippen LogP contribution >= 0.6 is 0 Å². The third-order valence-corrected chi connectivity index (χ3v) is 4.32. The highest BCUT2D eigenvalue weighted by Crippen LogP contribution is 2.36. The molecule has 0 spiro atoms. The van der Waals surface area contributed by atoms with Gasteiger partial charge >= 0.3 is 0 Å². The van der Waals surface area contributed by atoms with Crippen LogP contribution < -0.4 is 20.1 Å². The summed E-state index contributed by atoms with van der Waals surface area (Å²) >= 11 is 0. The minimum absolute atomic E-state index is 0.0951. The Balaban J connectivity index is 1.65. The van der Waals surface area contributed by atoms with Crippen LogP contribution in [-0.2, 0) is 12.0 Å². The largest absolute Gasteiger partial charge is 0.454 e. The zero-order valence-electron chi connectivity index (χ0n) is 15.6. The van der Waals surface area contributed by atoms with Crippen molar-refractivity contribution < 1.29 is 9.47 Å². The van der Waals surface area contributed by atoms with Gasteiger partial charge in [-0.05, 0) is 36.8 Å². The molecule has 1 aliphatic heterocycles.